The van der Waals surface area contributed by atoms with Crippen molar-refractivity contribution in [2.45, 2.75) is 26.1 Å². The number of hydrogen-bond acceptors (Lipinski definition) is 4. The van der Waals surface area contributed by atoms with E-state index in [0.717, 1.165) is 18.7 Å². The smallest absolute Gasteiger partial charge is 0.137 e. The first-order valence-corrected chi connectivity index (χ1v) is 6.19. The molecule has 18 heavy (non-hydrogen) atoms. The molecule has 0 saturated carbocycles. The summed E-state index contributed by atoms with van der Waals surface area (Å²) in [7, 11) is 0. The van der Waals surface area contributed by atoms with Gasteiger partial charge in [0.25, 0.3) is 0 Å². The van der Waals surface area contributed by atoms with E-state index in [1.54, 1.807) is 6.07 Å². The Labute approximate surface area is 108 Å². The highest BCUT2D eigenvalue weighted by Crippen LogP contribution is 2.20. The van der Waals surface area contributed by atoms with Gasteiger partial charge in [0.2, 0.25) is 0 Å². The van der Waals surface area contributed by atoms with Crippen LogP contribution < -0.4 is 10.1 Å². The number of rotatable bonds is 3. The molecule has 0 amide bonds. The topological polar surface area (TPSA) is 54.3 Å². The molecule has 0 spiro atoms. The lowest BCUT2D eigenvalue weighted by Crippen LogP contribution is -2.45. The van der Waals surface area contributed by atoms with Crippen LogP contribution in [0.5, 0.6) is 5.75 Å². The molecule has 1 N–H and O–H groups in total. The van der Waals surface area contributed by atoms with Gasteiger partial charge in [0, 0.05) is 13.1 Å². The average Bonchev–Trinajstić information content (AvgIpc) is 2.37. The van der Waals surface area contributed by atoms with E-state index in [1.807, 2.05) is 26.0 Å². The first kappa shape index (κ1) is 12.9. The molecule has 1 heterocycles. The fourth-order valence-electron chi connectivity index (χ4n) is 1.99. The second-order valence-corrected chi connectivity index (χ2v) is 4.65. The maximum atomic E-state index is 9.01. The zero-order chi connectivity index (χ0) is 13.0. The summed E-state index contributed by atoms with van der Waals surface area (Å²) in [6.45, 7) is 6.15. The monoisotopic (exact) mass is 246 g/mol. The SMILES string of the molecule is Cc1ccc(C#N)c(OCC2CNCC(C)O2)c1. The number of nitrogens with zero attached hydrogens (tertiary/aromatic N) is 1. The Bertz CT molecular complexity index is 454. The van der Waals surface area contributed by atoms with E-state index in [2.05, 4.69) is 11.4 Å². The van der Waals surface area contributed by atoms with Crippen molar-refractivity contribution in [3.05, 3.63) is 29.3 Å². The molecule has 0 aromatic heterocycles. The molecule has 1 fully saturated rings. The molecular weight excluding hydrogens is 228 g/mol. The highest BCUT2D eigenvalue weighted by Gasteiger charge is 2.19. The fraction of sp³-hybridized carbons (Fsp3) is 0.500. The van der Waals surface area contributed by atoms with Crippen molar-refractivity contribution in [2.24, 2.45) is 0 Å². The largest absolute Gasteiger partial charge is 0.489 e. The number of ether oxygens (including phenoxy) is 2. The van der Waals surface area contributed by atoms with Crippen LogP contribution in [0.1, 0.15) is 18.1 Å². The van der Waals surface area contributed by atoms with Gasteiger partial charge in [0.15, 0.2) is 0 Å². The normalized spacial score (nSPS) is 23.4. The van der Waals surface area contributed by atoms with Crippen LogP contribution in [0, 0.1) is 18.3 Å². The van der Waals surface area contributed by atoms with E-state index in [9.17, 15) is 0 Å². The predicted octanol–water partition coefficient (Wildman–Crippen LogP) is 1.62. The Balaban J connectivity index is 1.97. The third-order valence-electron chi connectivity index (χ3n) is 2.91. The minimum Gasteiger partial charge on any atom is -0.489 e. The van der Waals surface area contributed by atoms with Crippen molar-refractivity contribution in [2.75, 3.05) is 19.7 Å². The van der Waals surface area contributed by atoms with Gasteiger partial charge < -0.3 is 14.8 Å². The summed E-state index contributed by atoms with van der Waals surface area (Å²) in [5.41, 5.74) is 1.65. The first-order chi connectivity index (χ1) is 8.69. The number of morpholine rings is 1. The van der Waals surface area contributed by atoms with E-state index >= 15 is 0 Å². The third-order valence-corrected chi connectivity index (χ3v) is 2.91. The highest BCUT2D eigenvalue weighted by atomic mass is 16.5. The molecule has 0 radical (unpaired) electrons. The van der Waals surface area contributed by atoms with Crippen LogP contribution in [-0.2, 0) is 4.74 Å². The lowest BCUT2D eigenvalue weighted by molar-refractivity contribution is -0.0470. The number of benzene rings is 1. The van der Waals surface area contributed by atoms with Crippen LogP contribution in [0.2, 0.25) is 0 Å². The predicted molar refractivity (Wildman–Crippen MR) is 68.6 cm³/mol. The number of nitriles is 1. The Kier molecular flexibility index (Phi) is 4.19. The molecule has 2 atom stereocenters. The summed E-state index contributed by atoms with van der Waals surface area (Å²) < 4.78 is 11.5. The van der Waals surface area contributed by atoms with Gasteiger partial charge >= 0.3 is 0 Å². The standard InChI is InChI=1S/C14H18N2O2/c1-10-3-4-12(6-15)14(5-10)17-9-13-8-16-7-11(2)18-13/h3-5,11,13,16H,7-9H2,1-2H3. The van der Waals surface area contributed by atoms with Crippen LogP contribution >= 0.6 is 0 Å². The maximum Gasteiger partial charge on any atom is 0.137 e. The molecule has 4 heteroatoms. The van der Waals surface area contributed by atoms with Crippen molar-refractivity contribution in [1.82, 2.24) is 5.32 Å². The molecule has 0 aliphatic carbocycles. The Hall–Kier alpha value is -1.57. The van der Waals surface area contributed by atoms with Crippen LogP contribution in [0.4, 0.5) is 0 Å². The molecule has 2 rings (SSSR count). The van der Waals surface area contributed by atoms with Gasteiger partial charge in [0.1, 0.15) is 24.5 Å². The van der Waals surface area contributed by atoms with E-state index in [0.29, 0.717) is 17.9 Å². The molecule has 1 saturated heterocycles. The average molecular weight is 246 g/mol. The minimum atomic E-state index is 0.0424. The molecule has 0 bridgehead atoms. The van der Waals surface area contributed by atoms with Crippen LogP contribution in [-0.4, -0.2) is 31.9 Å². The summed E-state index contributed by atoms with van der Waals surface area (Å²) in [6.07, 6.45) is 0.251. The molecule has 1 aromatic rings. The second-order valence-electron chi connectivity index (χ2n) is 4.65. The van der Waals surface area contributed by atoms with Crippen molar-refractivity contribution in [3.63, 3.8) is 0 Å². The quantitative estimate of drug-likeness (QED) is 0.880. The summed E-state index contributed by atoms with van der Waals surface area (Å²) in [6, 6.07) is 7.72. The van der Waals surface area contributed by atoms with Crippen LogP contribution in [0.3, 0.4) is 0 Å². The molecule has 1 aliphatic heterocycles. The molecule has 1 aromatic carbocycles. The molecule has 2 unspecified atom stereocenters. The lowest BCUT2D eigenvalue weighted by atomic mass is 10.1. The van der Waals surface area contributed by atoms with Crippen LogP contribution in [0.25, 0.3) is 0 Å². The first-order valence-electron chi connectivity index (χ1n) is 6.19. The Morgan fingerprint density at radius 3 is 3.06 bits per heavy atom. The van der Waals surface area contributed by atoms with E-state index in [4.69, 9.17) is 14.7 Å². The maximum absolute atomic E-state index is 9.01. The Morgan fingerprint density at radius 2 is 2.33 bits per heavy atom. The van der Waals surface area contributed by atoms with Gasteiger partial charge in [-0.15, -0.1) is 0 Å². The van der Waals surface area contributed by atoms with Gasteiger partial charge in [0.05, 0.1) is 11.7 Å². The molecular formula is C14H18N2O2. The van der Waals surface area contributed by atoms with Crippen LogP contribution in [0.15, 0.2) is 18.2 Å². The van der Waals surface area contributed by atoms with Crippen molar-refractivity contribution in [1.29, 1.82) is 5.26 Å². The Morgan fingerprint density at radius 1 is 1.50 bits per heavy atom. The van der Waals surface area contributed by atoms with Gasteiger partial charge in [-0.3, -0.25) is 0 Å². The van der Waals surface area contributed by atoms with Crippen molar-refractivity contribution >= 4 is 0 Å². The van der Waals surface area contributed by atoms with Crippen molar-refractivity contribution < 1.29 is 9.47 Å². The lowest BCUT2D eigenvalue weighted by Gasteiger charge is -2.28. The van der Waals surface area contributed by atoms with Gasteiger partial charge in [-0.25, -0.2) is 0 Å². The van der Waals surface area contributed by atoms with Gasteiger partial charge in [-0.05, 0) is 31.5 Å². The highest BCUT2D eigenvalue weighted by molar-refractivity contribution is 5.45. The van der Waals surface area contributed by atoms with Gasteiger partial charge in [-0.2, -0.15) is 5.26 Å². The van der Waals surface area contributed by atoms with E-state index < -0.39 is 0 Å². The zero-order valence-electron chi connectivity index (χ0n) is 10.8. The van der Waals surface area contributed by atoms with E-state index in [-0.39, 0.29) is 12.2 Å². The molecule has 4 nitrogen and oxygen atoms in total. The summed E-state index contributed by atoms with van der Waals surface area (Å²) in [4.78, 5) is 0. The zero-order valence-corrected chi connectivity index (χ0v) is 10.8. The van der Waals surface area contributed by atoms with E-state index in [1.165, 1.54) is 0 Å². The molecule has 1 aliphatic rings. The van der Waals surface area contributed by atoms with Crippen molar-refractivity contribution in [3.8, 4) is 11.8 Å². The fourth-order valence-corrected chi connectivity index (χ4v) is 1.99. The summed E-state index contributed by atoms with van der Waals surface area (Å²) >= 11 is 0. The number of aryl methyl sites for hydroxylation is 1. The third kappa shape index (κ3) is 3.22. The molecule has 96 valence electrons. The summed E-state index contributed by atoms with van der Waals surface area (Å²) in [5.74, 6) is 0.638. The number of hydrogen-bond donors (Lipinski definition) is 1. The minimum absolute atomic E-state index is 0.0424. The van der Waals surface area contributed by atoms with Gasteiger partial charge in [-0.1, -0.05) is 6.07 Å². The second kappa shape index (κ2) is 5.85. The summed E-state index contributed by atoms with van der Waals surface area (Å²) in [5, 5.41) is 12.3. The number of nitrogens with one attached hydrogen (secondary N) is 1.